The normalized spacial score (nSPS) is 10.6. The standard InChI is InChI=1S/C21H20N2O4S/c1-14(2)15-5-3-6-16(13-15)22-21(25)23(28)17-8-10-18(11-9-17)27-20(24)19-7-4-12-26-19/h3-14,28H,1-2H3,(H,22,25). The first-order valence-electron chi connectivity index (χ1n) is 8.69. The first-order valence-corrected chi connectivity index (χ1v) is 9.09. The third-order valence-electron chi connectivity index (χ3n) is 4.01. The van der Waals surface area contributed by atoms with Crippen molar-refractivity contribution in [3.63, 3.8) is 0 Å². The molecule has 1 N–H and O–H groups in total. The van der Waals surface area contributed by atoms with E-state index in [2.05, 4.69) is 32.0 Å². The van der Waals surface area contributed by atoms with E-state index in [-0.39, 0.29) is 5.76 Å². The molecule has 0 saturated heterocycles. The molecule has 0 aliphatic carbocycles. The summed E-state index contributed by atoms with van der Waals surface area (Å²) in [6.45, 7) is 4.18. The SMILES string of the molecule is CC(C)c1cccc(NC(=O)N(S)c2ccc(OC(=O)c3ccco3)cc2)c1. The second kappa shape index (κ2) is 8.67. The number of esters is 1. The van der Waals surface area contributed by atoms with Crippen molar-refractivity contribution >= 4 is 36.2 Å². The molecule has 144 valence electrons. The van der Waals surface area contributed by atoms with Crippen LogP contribution in [0.4, 0.5) is 16.2 Å². The molecule has 28 heavy (non-hydrogen) atoms. The van der Waals surface area contributed by atoms with E-state index in [1.165, 1.54) is 16.6 Å². The summed E-state index contributed by atoms with van der Waals surface area (Å²) < 4.78 is 11.4. The first kappa shape index (κ1) is 19.6. The van der Waals surface area contributed by atoms with Crippen molar-refractivity contribution < 1.29 is 18.7 Å². The molecule has 0 spiro atoms. The van der Waals surface area contributed by atoms with Gasteiger partial charge < -0.3 is 14.5 Å². The Hall–Kier alpha value is -3.19. The van der Waals surface area contributed by atoms with Crippen LogP contribution in [-0.4, -0.2) is 12.0 Å². The number of thiol groups is 1. The van der Waals surface area contributed by atoms with Crippen molar-refractivity contribution in [2.24, 2.45) is 0 Å². The highest BCUT2D eigenvalue weighted by Gasteiger charge is 2.15. The van der Waals surface area contributed by atoms with Gasteiger partial charge in [0, 0.05) is 5.69 Å². The Bertz CT molecular complexity index is 953. The van der Waals surface area contributed by atoms with Crippen LogP contribution in [0.5, 0.6) is 5.75 Å². The number of benzene rings is 2. The molecule has 0 unspecified atom stereocenters. The van der Waals surface area contributed by atoms with Crippen LogP contribution in [-0.2, 0) is 0 Å². The quantitative estimate of drug-likeness (QED) is 0.339. The molecule has 7 heteroatoms. The molecular weight excluding hydrogens is 376 g/mol. The van der Waals surface area contributed by atoms with Crippen LogP contribution < -0.4 is 14.4 Å². The number of urea groups is 1. The number of ether oxygens (including phenoxy) is 1. The number of carbonyl (C=O) groups excluding carboxylic acids is 2. The second-order valence-electron chi connectivity index (χ2n) is 6.38. The monoisotopic (exact) mass is 396 g/mol. The van der Waals surface area contributed by atoms with E-state index in [0.717, 1.165) is 5.56 Å². The highest BCUT2D eigenvalue weighted by Crippen LogP contribution is 2.24. The van der Waals surface area contributed by atoms with E-state index in [1.54, 1.807) is 30.3 Å². The summed E-state index contributed by atoms with van der Waals surface area (Å²) in [4.78, 5) is 24.3. The maximum atomic E-state index is 12.5. The van der Waals surface area contributed by atoms with Gasteiger partial charge in [0.05, 0.1) is 12.0 Å². The number of nitrogens with zero attached hydrogens (tertiary/aromatic N) is 1. The van der Waals surface area contributed by atoms with Crippen LogP contribution in [0.1, 0.15) is 35.9 Å². The Labute approximate surface area is 168 Å². The van der Waals surface area contributed by atoms with E-state index in [0.29, 0.717) is 23.0 Å². The van der Waals surface area contributed by atoms with Crippen molar-refractivity contribution in [2.45, 2.75) is 19.8 Å². The number of hydrogen-bond acceptors (Lipinski definition) is 5. The predicted octanol–water partition coefficient (Wildman–Crippen LogP) is 5.51. The van der Waals surface area contributed by atoms with Crippen molar-refractivity contribution in [3.05, 3.63) is 78.3 Å². The first-order chi connectivity index (χ1) is 13.4. The lowest BCUT2D eigenvalue weighted by molar-refractivity contribution is 0.0701. The fraction of sp³-hybridized carbons (Fsp3) is 0.143. The number of anilines is 2. The van der Waals surface area contributed by atoms with Crippen LogP contribution in [0.15, 0.2) is 71.3 Å². The second-order valence-corrected chi connectivity index (χ2v) is 6.78. The molecule has 1 heterocycles. The van der Waals surface area contributed by atoms with Gasteiger partial charge in [-0.05, 0) is 60.0 Å². The van der Waals surface area contributed by atoms with Gasteiger partial charge in [0.25, 0.3) is 0 Å². The lowest BCUT2D eigenvalue weighted by Gasteiger charge is -2.17. The minimum atomic E-state index is -0.594. The van der Waals surface area contributed by atoms with Crippen molar-refractivity contribution in [3.8, 4) is 5.75 Å². The molecule has 3 rings (SSSR count). The van der Waals surface area contributed by atoms with Crippen LogP contribution in [0, 0.1) is 0 Å². The van der Waals surface area contributed by atoms with E-state index in [9.17, 15) is 9.59 Å². The van der Waals surface area contributed by atoms with E-state index in [4.69, 9.17) is 9.15 Å². The van der Waals surface area contributed by atoms with Crippen LogP contribution in [0.2, 0.25) is 0 Å². The average Bonchev–Trinajstić information content (AvgIpc) is 3.23. The molecule has 0 aliphatic rings. The third-order valence-corrected chi connectivity index (χ3v) is 4.42. The average molecular weight is 396 g/mol. The maximum Gasteiger partial charge on any atom is 0.379 e. The van der Waals surface area contributed by atoms with Gasteiger partial charge in [-0.2, -0.15) is 0 Å². The molecular formula is C21H20N2O4S. The Kier molecular flexibility index (Phi) is 6.06. The summed E-state index contributed by atoms with van der Waals surface area (Å²) in [5, 5.41) is 2.81. The summed E-state index contributed by atoms with van der Waals surface area (Å²) in [6, 6.07) is 16.8. The van der Waals surface area contributed by atoms with E-state index >= 15 is 0 Å². The van der Waals surface area contributed by atoms with Crippen LogP contribution >= 0.6 is 12.8 Å². The number of carbonyl (C=O) groups is 2. The summed E-state index contributed by atoms with van der Waals surface area (Å²) >= 11 is 4.26. The molecule has 0 bridgehead atoms. The summed E-state index contributed by atoms with van der Waals surface area (Å²) in [6.07, 6.45) is 1.40. The van der Waals surface area contributed by atoms with Crippen molar-refractivity contribution in [1.29, 1.82) is 0 Å². The highest BCUT2D eigenvalue weighted by atomic mass is 32.1. The van der Waals surface area contributed by atoms with Gasteiger partial charge in [-0.25, -0.2) is 13.9 Å². The maximum absolute atomic E-state index is 12.5. The van der Waals surface area contributed by atoms with E-state index in [1.807, 2.05) is 24.3 Å². The highest BCUT2D eigenvalue weighted by molar-refractivity contribution is 7.82. The van der Waals surface area contributed by atoms with Crippen LogP contribution in [0.3, 0.4) is 0 Å². The van der Waals surface area contributed by atoms with E-state index < -0.39 is 12.0 Å². The Morgan fingerprint density at radius 2 is 1.82 bits per heavy atom. The fourth-order valence-corrected chi connectivity index (χ4v) is 2.66. The molecule has 0 saturated carbocycles. The summed E-state index contributed by atoms with van der Waals surface area (Å²) in [5.74, 6) is 0.212. The number of rotatable bonds is 5. The molecule has 0 aliphatic heterocycles. The van der Waals surface area contributed by atoms with Crippen LogP contribution in [0.25, 0.3) is 0 Å². The van der Waals surface area contributed by atoms with Gasteiger partial charge >= 0.3 is 12.0 Å². The van der Waals surface area contributed by atoms with Crippen molar-refractivity contribution in [1.82, 2.24) is 0 Å². The fourth-order valence-electron chi connectivity index (χ4n) is 2.48. The zero-order valence-corrected chi connectivity index (χ0v) is 16.4. The number of amides is 2. The number of furan rings is 1. The zero-order valence-electron chi connectivity index (χ0n) is 15.5. The minimum Gasteiger partial charge on any atom is -0.457 e. The zero-order chi connectivity index (χ0) is 20.1. The lowest BCUT2D eigenvalue weighted by Crippen LogP contribution is -2.26. The van der Waals surface area contributed by atoms with Gasteiger partial charge in [-0.3, -0.25) is 0 Å². The van der Waals surface area contributed by atoms with Gasteiger partial charge in [0.15, 0.2) is 0 Å². The minimum absolute atomic E-state index is 0.114. The number of nitrogens with one attached hydrogen (secondary N) is 1. The van der Waals surface area contributed by atoms with Gasteiger partial charge in [0.2, 0.25) is 5.76 Å². The van der Waals surface area contributed by atoms with Gasteiger partial charge in [-0.15, -0.1) is 0 Å². The molecule has 3 aromatic rings. The van der Waals surface area contributed by atoms with Gasteiger partial charge in [0.1, 0.15) is 5.75 Å². The third kappa shape index (κ3) is 4.75. The van der Waals surface area contributed by atoms with Crippen molar-refractivity contribution in [2.75, 3.05) is 9.62 Å². The molecule has 0 atom stereocenters. The number of hydrogen-bond donors (Lipinski definition) is 2. The Balaban J connectivity index is 1.63. The molecule has 0 radical (unpaired) electrons. The topological polar surface area (TPSA) is 71.8 Å². The molecule has 2 amide bonds. The predicted molar refractivity (Wildman–Crippen MR) is 111 cm³/mol. The van der Waals surface area contributed by atoms with Gasteiger partial charge in [-0.1, -0.05) is 38.8 Å². The summed E-state index contributed by atoms with van der Waals surface area (Å²) in [5.41, 5.74) is 2.35. The largest absolute Gasteiger partial charge is 0.457 e. The molecule has 2 aromatic carbocycles. The summed E-state index contributed by atoms with van der Waals surface area (Å²) in [7, 11) is 0. The molecule has 6 nitrogen and oxygen atoms in total. The molecule has 0 fully saturated rings. The Morgan fingerprint density at radius 3 is 2.46 bits per heavy atom. The molecule has 1 aromatic heterocycles. The Morgan fingerprint density at radius 1 is 1.07 bits per heavy atom. The smallest absolute Gasteiger partial charge is 0.379 e. The lowest BCUT2D eigenvalue weighted by atomic mass is 10.0.